The maximum Gasteiger partial charge on any atom is 0.416 e. The monoisotopic (exact) mass is 553 g/mol. The quantitative estimate of drug-likeness (QED) is 0.532. The molecule has 39 heavy (non-hydrogen) atoms. The molecule has 1 amide bonds. The number of hydrogen-bond donors (Lipinski definition) is 1. The van der Waals surface area contributed by atoms with E-state index in [1.807, 2.05) is 30.3 Å². The fourth-order valence-corrected chi connectivity index (χ4v) is 5.83. The predicted molar refractivity (Wildman–Crippen MR) is 131 cm³/mol. The molecule has 0 spiro atoms. The van der Waals surface area contributed by atoms with Gasteiger partial charge >= 0.3 is 12.4 Å². The number of halogens is 6. The van der Waals surface area contributed by atoms with Crippen molar-refractivity contribution in [2.24, 2.45) is 5.92 Å². The number of piperidine rings is 1. The van der Waals surface area contributed by atoms with Gasteiger partial charge in [0.2, 0.25) is 0 Å². The number of rotatable bonds is 5. The SMILES string of the molecule is O=C(C1CC1)C1CNCCN1C1CCN(C(=O)c2cc(C(F)(F)F)cc(C(F)(F)F)c2)CC1c1ccccc1. The topological polar surface area (TPSA) is 52.7 Å². The second-order valence-electron chi connectivity index (χ2n) is 10.6. The summed E-state index contributed by atoms with van der Waals surface area (Å²) in [5.74, 6) is -0.879. The van der Waals surface area contributed by atoms with Crippen molar-refractivity contribution in [2.75, 3.05) is 32.7 Å². The maximum absolute atomic E-state index is 13.4. The van der Waals surface area contributed by atoms with E-state index >= 15 is 0 Å². The minimum atomic E-state index is -5.04. The second-order valence-corrected chi connectivity index (χ2v) is 10.6. The fraction of sp³-hybridized carbons (Fsp3) is 0.500. The third-order valence-electron chi connectivity index (χ3n) is 7.94. The number of piperazine rings is 1. The summed E-state index contributed by atoms with van der Waals surface area (Å²) in [5.41, 5.74) is -2.78. The highest BCUT2D eigenvalue weighted by Crippen LogP contribution is 2.39. The van der Waals surface area contributed by atoms with Crippen LogP contribution in [0.5, 0.6) is 0 Å². The molecular weight excluding hydrogens is 524 g/mol. The van der Waals surface area contributed by atoms with Crippen molar-refractivity contribution in [2.45, 2.75) is 49.6 Å². The van der Waals surface area contributed by atoms with Crippen molar-refractivity contribution in [1.82, 2.24) is 15.1 Å². The molecule has 0 bridgehead atoms. The molecule has 1 saturated carbocycles. The lowest BCUT2D eigenvalue weighted by atomic mass is 9.83. The molecule has 5 rings (SSSR count). The van der Waals surface area contributed by atoms with Gasteiger partial charge in [0, 0.05) is 56.2 Å². The minimum Gasteiger partial charge on any atom is -0.338 e. The first kappa shape index (κ1) is 27.6. The summed E-state index contributed by atoms with van der Waals surface area (Å²) in [7, 11) is 0. The summed E-state index contributed by atoms with van der Waals surface area (Å²) < 4.78 is 80.5. The predicted octanol–water partition coefficient (Wildman–Crippen LogP) is 4.98. The molecule has 2 aromatic carbocycles. The van der Waals surface area contributed by atoms with Gasteiger partial charge in [-0.25, -0.2) is 0 Å². The number of nitrogens with one attached hydrogen (secondary N) is 1. The number of likely N-dealkylation sites (tertiary alicyclic amines) is 1. The molecule has 2 aliphatic heterocycles. The van der Waals surface area contributed by atoms with Crippen LogP contribution in [0.25, 0.3) is 0 Å². The summed E-state index contributed by atoms with van der Waals surface area (Å²) in [4.78, 5) is 30.0. The van der Waals surface area contributed by atoms with E-state index in [0.717, 1.165) is 18.4 Å². The van der Waals surface area contributed by atoms with Gasteiger partial charge in [0.1, 0.15) is 0 Å². The first-order valence-electron chi connectivity index (χ1n) is 13.1. The van der Waals surface area contributed by atoms with Gasteiger partial charge in [-0.2, -0.15) is 26.3 Å². The molecule has 1 aliphatic carbocycles. The molecule has 3 unspecified atom stereocenters. The number of alkyl halides is 6. The number of nitrogens with zero attached hydrogens (tertiary/aromatic N) is 2. The fourth-order valence-electron chi connectivity index (χ4n) is 5.83. The Balaban J connectivity index is 1.45. The molecule has 2 heterocycles. The highest BCUT2D eigenvalue weighted by atomic mass is 19.4. The van der Waals surface area contributed by atoms with Crippen LogP contribution in [-0.2, 0) is 17.1 Å². The Bertz CT molecular complexity index is 1180. The second kappa shape index (κ2) is 10.6. The van der Waals surface area contributed by atoms with Gasteiger partial charge in [-0.15, -0.1) is 0 Å². The van der Waals surface area contributed by atoms with E-state index in [4.69, 9.17) is 0 Å². The Morgan fingerprint density at radius 3 is 2.08 bits per heavy atom. The van der Waals surface area contributed by atoms with Gasteiger partial charge in [0.25, 0.3) is 5.91 Å². The summed E-state index contributed by atoms with van der Waals surface area (Å²) in [6.07, 6.45) is -7.88. The average molecular weight is 554 g/mol. The van der Waals surface area contributed by atoms with Gasteiger partial charge in [-0.1, -0.05) is 30.3 Å². The van der Waals surface area contributed by atoms with Crippen LogP contribution in [-0.4, -0.2) is 66.3 Å². The first-order chi connectivity index (χ1) is 18.4. The molecule has 3 atom stereocenters. The summed E-state index contributed by atoms with van der Waals surface area (Å²) in [6.45, 7) is 2.12. The van der Waals surface area contributed by atoms with E-state index in [1.165, 1.54) is 4.90 Å². The molecule has 210 valence electrons. The van der Waals surface area contributed by atoms with E-state index in [2.05, 4.69) is 10.2 Å². The van der Waals surface area contributed by atoms with Crippen LogP contribution < -0.4 is 5.32 Å². The van der Waals surface area contributed by atoms with Gasteiger partial charge < -0.3 is 10.2 Å². The van der Waals surface area contributed by atoms with Crippen molar-refractivity contribution >= 4 is 11.7 Å². The zero-order valence-corrected chi connectivity index (χ0v) is 21.1. The Kier molecular flexibility index (Phi) is 7.49. The number of amides is 1. The van der Waals surface area contributed by atoms with Crippen molar-refractivity contribution in [3.63, 3.8) is 0 Å². The molecule has 1 N–H and O–H groups in total. The molecule has 11 heteroatoms. The number of carbonyl (C=O) groups is 2. The highest BCUT2D eigenvalue weighted by Gasteiger charge is 2.45. The van der Waals surface area contributed by atoms with Crippen LogP contribution in [0, 0.1) is 5.92 Å². The number of benzene rings is 2. The van der Waals surface area contributed by atoms with E-state index in [9.17, 15) is 35.9 Å². The van der Waals surface area contributed by atoms with Gasteiger partial charge in [-0.3, -0.25) is 14.5 Å². The van der Waals surface area contributed by atoms with Crippen molar-refractivity contribution < 1.29 is 35.9 Å². The summed E-state index contributed by atoms with van der Waals surface area (Å²) in [5, 5.41) is 3.29. The minimum absolute atomic E-state index is 0.0250. The Morgan fingerprint density at radius 2 is 1.49 bits per heavy atom. The van der Waals surface area contributed by atoms with Crippen LogP contribution in [0.4, 0.5) is 26.3 Å². The van der Waals surface area contributed by atoms with Gasteiger partial charge in [0.05, 0.1) is 17.2 Å². The van der Waals surface area contributed by atoms with Crippen molar-refractivity contribution in [3.8, 4) is 0 Å². The highest BCUT2D eigenvalue weighted by molar-refractivity contribution is 5.95. The van der Waals surface area contributed by atoms with E-state index < -0.39 is 35.0 Å². The van der Waals surface area contributed by atoms with Gasteiger partial charge in [0.15, 0.2) is 5.78 Å². The van der Waals surface area contributed by atoms with Crippen LogP contribution >= 0.6 is 0 Å². The smallest absolute Gasteiger partial charge is 0.338 e. The summed E-state index contributed by atoms with van der Waals surface area (Å²) >= 11 is 0. The zero-order valence-electron chi connectivity index (χ0n) is 21.1. The first-order valence-corrected chi connectivity index (χ1v) is 13.1. The molecular formula is C28H29F6N3O2. The summed E-state index contributed by atoms with van der Waals surface area (Å²) in [6, 6.07) is 9.92. The van der Waals surface area contributed by atoms with E-state index in [1.54, 1.807) is 0 Å². The van der Waals surface area contributed by atoms with Crippen molar-refractivity contribution in [1.29, 1.82) is 0 Å². The van der Waals surface area contributed by atoms with Gasteiger partial charge in [-0.05, 0) is 43.0 Å². The normalized spacial score (nSPS) is 25.0. The van der Waals surface area contributed by atoms with Crippen LogP contribution in [0.15, 0.2) is 48.5 Å². The Hall–Kier alpha value is -2.92. The van der Waals surface area contributed by atoms with Crippen LogP contribution in [0.2, 0.25) is 0 Å². The zero-order chi connectivity index (χ0) is 27.9. The lowest BCUT2D eigenvalue weighted by Gasteiger charge is -2.48. The molecule has 0 aromatic heterocycles. The molecule has 3 fully saturated rings. The largest absolute Gasteiger partial charge is 0.416 e. The third kappa shape index (κ3) is 5.99. The van der Waals surface area contributed by atoms with E-state index in [0.29, 0.717) is 38.2 Å². The molecule has 2 saturated heterocycles. The molecule has 2 aromatic rings. The Labute approximate surface area is 222 Å². The number of ketones is 1. The van der Waals surface area contributed by atoms with Crippen LogP contribution in [0.3, 0.4) is 0 Å². The van der Waals surface area contributed by atoms with Crippen LogP contribution in [0.1, 0.15) is 52.2 Å². The lowest BCUT2D eigenvalue weighted by molar-refractivity contribution is -0.143. The number of Topliss-reactive ketones (excluding diaryl/α,β-unsaturated/α-hetero) is 1. The Morgan fingerprint density at radius 1 is 0.846 bits per heavy atom. The maximum atomic E-state index is 13.4. The van der Waals surface area contributed by atoms with Crippen molar-refractivity contribution in [3.05, 3.63) is 70.8 Å². The molecule has 3 aliphatic rings. The molecule has 0 radical (unpaired) electrons. The third-order valence-corrected chi connectivity index (χ3v) is 7.94. The number of carbonyl (C=O) groups excluding carboxylic acids is 2. The standard InChI is InChI=1S/C28H29F6N3O2/c29-27(30,31)20-12-19(13-21(14-20)28(32,33)34)26(39)36-10-8-23(22(16-36)17-4-2-1-3-5-17)37-11-9-35-15-24(37)25(38)18-6-7-18/h1-5,12-14,18,22-24,35H,6-11,15-16H2. The average Bonchev–Trinajstić information content (AvgIpc) is 3.77. The van der Waals surface area contributed by atoms with E-state index in [-0.39, 0.29) is 48.9 Å². The molecule has 5 nitrogen and oxygen atoms in total. The number of hydrogen-bond acceptors (Lipinski definition) is 4. The lowest BCUT2D eigenvalue weighted by Crippen LogP contribution is -2.62.